The Labute approximate surface area is 79.2 Å². The minimum Gasteiger partial charge on any atom is -0.737 e. The van der Waals surface area contributed by atoms with Crippen LogP contribution >= 0.6 is 0 Å². The van der Waals surface area contributed by atoms with E-state index in [2.05, 4.69) is 19.1 Å². The summed E-state index contributed by atoms with van der Waals surface area (Å²) in [6.45, 7) is 7.30. The second-order valence-corrected chi connectivity index (χ2v) is 3.47. The fourth-order valence-corrected chi connectivity index (χ4v) is 1.000. The fraction of sp³-hybridized carbons (Fsp3) is 1.00. The molecule has 0 rings (SSSR count). The molecular formula is C8H18N3O2-. The average molecular weight is 188 g/mol. The van der Waals surface area contributed by atoms with E-state index in [4.69, 9.17) is 0 Å². The highest BCUT2D eigenvalue weighted by Crippen LogP contribution is 2.03. The van der Waals surface area contributed by atoms with E-state index < -0.39 is 0 Å². The van der Waals surface area contributed by atoms with E-state index in [0.29, 0.717) is 19.0 Å². The Hall–Kier alpha value is -1.00. The van der Waals surface area contributed by atoms with Crippen LogP contribution < -0.4 is 0 Å². The van der Waals surface area contributed by atoms with Crippen LogP contribution in [-0.4, -0.2) is 23.1 Å². The Morgan fingerprint density at radius 2 is 2.00 bits per heavy atom. The largest absolute Gasteiger partial charge is 0.737 e. The zero-order chi connectivity index (χ0) is 10.3. The van der Waals surface area contributed by atoms with E-state index in [0.717, 1.165) is 12.8 Å². The summed E-state index contributed by atoms with van der Waals surface area (Å²) < 4.78 is 0. The van der Waals surface area contributed by atoms with Gasteiger partial charge in [0, 0.05) is 4.97 Å². The van der Waals surface area contributed by atoms with Gasteiger partial charge in [-0.15, -0.1) is 5.01 Å². The molecule has 0 aromatic rings. The molecule has 0 spiro atoms. The van der Waals surface area contributed by atoms with Gasteiger partial charge < -0.3 is 10.4 Å². The molecule has 0 bridgehead atoms. The van der Waals surface area contributed by atoms with Gasteiger partial charge in [-0.2, -0.15) is 0 Å². The fourth-order valence-electron chi connectivity index (χ4n) is 1.000. The van der Waals surface area contributed by atoms with Crippen LogP contribution in [0.25, 0.3) is 0 Å². The molecule has 0 N–H and O–H groups in total. The lowest BCUT2D eigenvalue weighted by atomic mass is 10.1. The third-order valence-electron chi connectivity index (χ3n) is 1.76. The van der Waals surface area contributed by atoms with Crippen LogP contribution in [0.2, 0.25) is 0 Å². The maximum Gasteiger partial charge on any atom is 0.0770 e. The van der Waals surface area contributed by atoms with Gasteiger partial charge in [0.1, 0.15) is 0 Å². The molecule has 0 aliphatic rings. The van der Waals surface area contributed by atoms with Gasteiger partial charge in [-0.05, 0) is 24.0 Å². The second-order valence-electron chi connectivity index (χ2n) is 3.47. The molecule has 0 saturated heterocycles. The lowest BCUT2D eigenvalue weighted by molar-refractivity contribution is -0.690. The zero-order valence-electron chi connectivity index (χ0n) is 8.56. The van der Waals surface area contributed by atoms with E-state index in [-0.39, 0.29) is 4.97 Å². The molecule has 0 amide bonds. The van der Waals surface area contributed by atoms with Crippen molar-refractivity contribution in [1.82, 2.24) is 5.01 Å². The predicted molar refractivity (Wildman–Crippen MR) is 50.7 cm³/mol. The Morgan fingerprint density at radius 3 is 2.38 bits per heavy atom. The van der Waals surface area contributed by atoms with Crippen molar-refractivity contribution < 1.29 is 4.97 Å². The van der Waals surface area contributed by atoms with Gasteiger partial charge in [0.2, 0.25) is 0 Å². The molecule has 0 aliphatic carbocycles. The summed E-state index contributed by atoms with van der Waals surface area (Å²) in [5, 5.41) is 24.6. The van der Waals surface area contributed by atoms with Crippen molar-refractivity contribution in [3.05, 3.63) is 10.4 Å². The molecule has 0 aromatic carbocycles. The molecule has 13 heavy (non-hydrogen) atoms. The van der Waals surface area contributed by atoms with E-state index in [1.54, 1.807) is 0 Å². The van der Waals surface area contributed by atoms with Crippen LogP contribution in [-0.2, 0) is 0 Å². The summed E-state index contributed by atoms with van der Waals surface area (Å²) in [5.74, 6) is 0.527. The standard InChI is InChI=1S/C8H19N3O2/c1-4-6-10(11(13)9-12)7-5-8(2)3/h8,12H,4-7H2,1-3H3/p-1/b11-9-. The van der Waals surface area contributed by atoms with Gasteiger partial charge in [0.25, 0.3) is 0 Å². The molecule has 5 nitrogen and oxygen atoms in total. The van der Waals surface area contributed by atoms with Crippen LogP contribution in [0.4, 0.5) is 0 Å². The predicted octanol–water partition coefficient (Wildman–Crippen LogP) is 2.12. The summed E-state index contributed by atoms with van der Waals surface area (Å²) in [6, 6.07) is 0. The van der Waals surface area contributed by atoms with Crippen LogP contribution in [0.5, 0.6) is 0 Å². The molecule has 0 heterocycles. The van der Waals surface area contributed by atoms with Crippen molar-refractivity contribution >= 4 is 0 Å². The Kier molecular flexibility index (Phi) is 6.01. The molecule has 0 saturated carbocycles. The van der Waals surface area contributed by atoms with E-state index in [1.807, 2.05) is 6.92 Å². The van der Waals surface area contributed by atoms with Crippen molar-refractivity contribution in [1.29, 1.82) is 0 Å². The average Bonchev–Trinajstić information content (AvgIpc) is 2.10. The summed E-state index contributed by atoms with van der Waals surface area (Å²) in [4.78, 5) is 0.145. The third kappa shape index (κ3) is 5.27. The maximum absolute atomic E-state index is 10.9. The molecule has 0 radical (unpaired) electrons. The van der Waals surface area contributed by atoms with Gasteiger partial charge in [-0.3, -0.25) is 0 Å². The van der Waals surface area contributed by atoms with Gasteiger partial charge in [0.05, 0.1) is 13.1 Å². The number of hydrogen-bond acceptors (Lipinski definition) is 3. The number of nitrogens with zero attached hydrogens (tertiary/aromatic N) is 3. The van der Waals surface area contributed by atoms with Gasteiger partial charge in [-0.1, -0.05) is 20.8 Å². The monoisotopic (exact) mass is 188 g/mol. The summed E-state index contributed by atoms with van der Waals surface area (Å²) in [5.41, 5.74) is 0. The first-order valence-corrected chi connectivity index (χ1v) is 4.67. The third-order valence-corrected chi connectivity index (χ3v) is 1.76. The molecule has 78 valence electrons. The van der Waals surface area contributed by atoms with Gasteiger partial charge in [0.15, 0.2) is 0 Å². The molecule has 0 atom stereocenters. The minimum absolute atomic E-state index is 0.145. The van der Waals surface area contributed by atoms with Crippen molar-refractivity contribution in [3.8, 4) is 0 Å². The number of hydrogen-bond donors (Lipinski definition) is 0. The number of rotatable bonds is 6. The van der Waals surface area contributed by atoms with Crippen LogP contribution in [0.1, 0.15) is 33.6 Å². The first kappa shape index (κ1) is 12.0. The van der Waals surface area contributed by atoms with Gasteiger partial charge >= 0.3 is 0 Å². The van der Waals surface area contributed by atoms with Gasteiger partial charge in [-0.25, -0.2) is 0 Å². The minimum atomic E-state index is 0.145. The van der Waals surface area contributed by atoms with Crippen LogP contribution in [0.15, 0.2) is 5.28 Å². The molecule has 0 unspecified atom stereocenters. The van der Waals surface area contributed by atoms with E-state index in [9.17, 15) is 10.4 Å². The Bertz CT molecular complexity index is 159. The highest BCUT2D eigenvalue weighted by atomic mass is 16.6. The second kappa shape index (κ2) is 6.51. The number of hydrazine groups is 1. The Balaban J connectivity index is 3.94. The summed E-state index contributed by atoms with van der Waals surface area (Å²) in [6.07, 6.45) is 1.74. The summed E-state index contributed by atoms with van der Waals surface area (Å²) in [7, 11) is 0. The Morgan fingerprint density at radius 1 is 1.38 bits per heavy atom. The highest BCUT2D eigenvalue weighted by Gasteiger charge is 2.10. The SMILES string of the molecule is CCCN(CCC(C)C)/[N+]([O-])=N/[O-]. The maximum atomic E-state index is 10.9. The van der Waals surface area contributed by atoms with Crippen molar-refractivity contribution in [3.63, 3.8) is 0 Å². The van der Waals surface area contributed by atoms with Crippen molar-refractivity contribution in [2.24, 2.45) is 11.2 Å². The topological polar surface area (TPSA) is 64.7 Å². The lowest BCUT2D eigenvalue weighted by Gasteiger charge is -2.19. The van der Waals surface area contributed by atoms with Crippen LogP contribution in [0, 0.1) is 16.3 Å². The highest BCUT2D eigenvalue weighted by molar-refractivity contribution is 4.49. The molecule has 5 heteroatoms. The normalized spacial score (nSPS) is 12.2. The summed E-state index contributed by atoms with van der Waals surface area (Å²) >= 11 is 0. The molecular weight excluding hydrogens is 170 g/mol. The van der Waals surface area contributed by atoms with E-state index >= 15 is 0 Å². The molecule has 0 fully saturated rings. The van der Waals surface area contributed by atoms with Crippen molar-refractivity contribution in [2.75, 3.05) is 13.1 Å². The quantitative estimate of drug-likeness (QED) is 0.364. The van der Waals surface area contributed by atoms with Crippen LogP contribution in [0.3, 0.4) is 0 Å². The molecule has 0 aromatic heterocycles. The first-order valence-electron chi connectivity index (χ1n) is 4.67. The lowest BCUT2D eigenvalue weighted by Crippen LogP contribution is -2.32. The zero-order valence-corrected chi connectivity index (χ0v) is 8.56. The molecule has 0 aliphatic heterocycles. The van der Waals surface area contributed by atoms with Crippen molar-refractivity contribution in [2.45, 2.75) is 33.6 Å². The first-order chi connectivity index (χ1) is 6.11. The van der Waals surface area contributed by atoms with E-state index in [1.165, 1.54) is 5.01 Å². The smallest absolute Gasteiger partial charge is 0.0770 e.